The highest BCUT2D eigenvalue weighted by atomic mass is 16.5. The molecule has 0 bridgehead atoms. The molecule has 7 heteroatoms. The van der Waals surface area contributed by atoms with Crippen LogP contribution in [0.5, 0.6) is 5.75 Å². The van der Waals surface area contributed by atoms with Gasteiger partial charge in [0.1, 0.15) is 11.6 Å². The maximum absolute atomic E-state index is 11.1. The third kappa shape index (κ3) is 4.22. The van der Waals surface area contributed by atoms with Crippen LogP contribution in [0.25, 0.3) is 0 Å². The first-order valence-electron chi connectivity index (χ1n) is 8.89. The fourth-order valence-corrected chi connectivity index (χ4v) is 3.10. The number of carboxylic acid groups (broad SMARTS) is 1. The molecule has 1 aromatic carbocycles. The van der Waals surface area contributed by atoms with E-state index in [4.69, 9.17) is 9.84 Å². The Morgan fingerprint density at radius 2 is 2.04 bits per heavy atom. The number of para-hydroxylation sites is 2. The molecule has 3 rings (SSSR count). The first-order valence-corrected chi connectivity index (χ1v) is 8.89. The third-order valence-electron chi connectivity index (χ3n) is 4.44. The van der Waals surface area contributed by atoms with Gasteiger partial charge in [0.25, 0.3) is 0 Å². The summed E-state index contributed by atoms with van der Waals surface area (Å²) in [5.41, 5.74) is 1.67. The Morgan fingerprint density at radius 3 is 2.73 bits per heavy atom. The van der Waals surface area contributed by atoms with Crippen LogP contribution in [0.3, 0.4) is 0 Å². The summed E-state index contributed by atoms with van der Waals surface area (Å²) in [7, 11) is 0. The van der Waals surface area contributed by atoms with Gasteiger partial charge in [-0.3, -0.25) is 4.79 Å². The van der Waals surface area contributed by atoms with Crippen molar-refractivity contribution in [2.45, 2.75) is 26.7 Å². The number of benzene rings is 1. The van der Waals surface area contributed by atoms with Gasteiger partial charge in [-0.25, -0.2) is 4.98 Å². The number of piperidine rings is 1. The van der Waals surface area contributed by atoms with Crippen molar-refractivity contribution in [3.63, 3.8) is 0 Å². The average molecular weight is 356 g/mol. The number of nitrogens with one attached hydrogen (secondary N) is 1. The second-order valence-electron chi connectivity index (χ2n) is 6.34. The standard InChI is InChI=1S/C19H24N4O3/c1-3-26-16-7-5-4-6-15(16)21-19-20-13(2)12-17(22-19)23-10-8-14(9-11-23)18(24)25/h4-7,12,14H,3,8-11H2,1-2H3,(H,24,25)(H,20,21,22). The van der Waals surface area contributed by atoms with Crippen LogP contribution in [0.15, 0.2) is 30.3 Å². The third-order valence-corrected chi connectivity index (χ3v) is 4.44. The quantitative estimate of drug-likeness (QED) is 0.821. The van der Waals surface area contributed by atoms with Crippen molar-refractivity contribution in [2.24, 2.45) is 5.92 Å². The van der Waals surface area contributed by atoms with E-state index in [-0.39, 0.29) is 5.92 Å². The van der Waals surface area contributed by atoms with Crippen LogP contribution in [0.4, 0.5) is 17.5 Å². The van der Waals surface area contributed by atoms with Crippen LogP contribution in [-0.2, 0) is 4.79 Å². The fourth-order valence-electron chi connectivity index (χ4n) is 3.10. The number of hydrogen-bond acceptors (Lipinski definition) is 6. The Morgan fingerprint density at radius 1 is 1.31 bits per heavy atom. The molecule has 1 aliphatic heterocycles. The number of aromatic nitrogens is 2. The number of anilines is 3. The molecule has 2 aromatic rings. The van der Waals surface area contributed by atoms with Crippen molar-refractivity contribution in [3.8, 4) is 5.75 Å². The lowest BCUT2D eigenvalue weighted by molar-refractivity contribution is -0.142. The zero-order valence-corrected chi connectivity index (χ0v) is 15.1. The van der Waals surface area contributed by atoms with Crippen LogP contribution < -0.4 is 15.0 Å². The summed E-state index contributed by atoms with van der Waals surface area (Å²) < 4.78 is 5.64. The molecule has 1 saturated heterocycles. The number of hydrogen-bond donors (Lipinski definition) is 2. The highest BCUT2D eigenvalue weighted by molar-refractivity contribution is 5.70. The molecule has 0 atom stereocenters. The fraction of sp³-hybridized carbons (Fsp3) is 0.421. The van der Waals surface area contributed by atoms with Crippen molar-refractivity contribution in [2.75, 3.05) is 29.9 Å². The molecule has 7 nitrogen and oxygen atoms in total. The number of nitrogens with zero attached hydrogens (tertiary/aromatic N) is 3. The van der Waals surface area contributed by atoms with Crippen molar-refractivity contribution in [1.82, 2.24) is 9.97 Å². The van der Waals surface area contributed by atoms with Crippen LogP contribution in [0, 0.1) is 12.8 Å². The SMILES string of the molecule is CCOc1ccccc1Nc1nc(C)cc(N2CCC(C(=O)O)CC2)n1. The Balaban J connectivity index is 1.77. The Kier molecular flexibility index (Phi) is 5.55. The number of aliphatic carboxylic acids is 1. The normalized spacial score (nSPS) is 14.9. The van der Waals surface area contributed by atoms with Crippen LogP contribution in [-0.4, -0.2) is 40.7 Å². The van der Waals surface area contributed by atoms with Gasteiger partial charge in [0.2, 0.25) is 5.95 Å². The highest BCUT2D eigenvalue weighted by Gasteiger charge is 2.25. The lowest BCUT2D eigenvalue weighted by atomic mass is 9.97. The molecule has 0 saturated carbocycles. The zero-order chi connectivity index (χ0) is 18.5. The molecule has 2 heterocycles. The topological polar surface area (TPSA) is 87.6 Å². The molecule has 138 valence electrons. The Labute approximate surface area is 153 Å². The van der Waals surface area contributed by atoms with E-state index in [0.29, 0.717) is 38.5 Å². The van der Waals surface area contributed by atoms with E-state index in [1.807, 2.05) is 44.2 Å². The van der Waals surface area contributed by atoms with Gasteiger partial charge in [0.05, 0.1) is 18.2 Å². The van der Waals surface area contributed by atoms with Gasteiger partial charge in [-0.1, -0.05) is 12.1 Å². The van der Waals surface area contributed by atoms with E-state index in [1.165, 1.54) is 0 Å². The summed E-state index contributed by atoms with van der Waals surface area (Å²) in [4.78, 5) is 22.3. The molecule has 1 fully saturated rings. The minimum absolute atomic E-state index is 0.259. The van der Waals surface area contributed by atoms with Gasteiger partial charge in [-0.05, 0) is 38.8 Å². The summed E-state index contributed by atoms with van der Waals surface area (Å²) in [5.74, 6) is 1.11. The molecule has 0 radical (unpaired) electrons. The van der Waals surface area contributed by atoms with Crippen LogP contribution >= 0.6 is 0 Å². The van der Waals surface area contributed by atoms with E-state index in [2.05, 4.69) is 20.2 Å². The Bertz CT molecular complexity index is 773. The zero-order valence-electron chi connectivity index (χ0n) is 15.1. The van der Waals surface area contributed by atoms with E-state index in [1.54, 1.807) is 0 Å². The molecule has 1 aromatic heterocycles. The minimum Gasteiger partial charge on any atom is -0.492 e. The second-order valence-corrected chi connectivity index (χ2v) is 6.34. The summed E-state index contributed by atoms with van der Waals surface area (Å²) in [6.45, 7) is 5.82. The van der Waals surface area contributed by atoms with Gasteiger partial charge in [-0.2, -0.15) is 4.98 Å². The first-order chi connectivity index (χ1) is 12.6. The summed E-state index contributed by atoms with van der Waals surface area (Å²) in [6.07, 6.45) is 1.27. The van der Waals surface area contributed by atoms with Crippen LogP contribution in [0.1, 0.15) is 25.5 Å². The lowest BCUT2D eigenvalue weighted by Gasteiger charge is -2.31. The molecule has 0 unspecified atom stereocenters. The maximum atomic E-state index is 11.1. The molecule has 26 heavy (non-hydrogen) atoms. The molecule has 1 aliphatic rings. The van der Waals surface area contributed by atoms with Crippen LogP contribution in [0.2, 0.25) is 0 Å². The van der Waals surface area contributed by atoms with Gasteiger partial charge < -0.3 is 20.1 Å². The second kappa shape index (κ2) is 8.03. The number of ether oxygens (including phenoxy) is 1. The Hall–Kier alpha value is -2.83. The van der Waals surface area contributed by atoms with E-state index < -0.39 is 5.97 Å². The number of rotatable bonds is 6. The lowest BCUT2D eigenvalue weighted by Crippen LogP contribution is -2.36. The van der Waals surface area contributed by atoms with Gasteiger partial charge in [0, 0.05) is 24.8 Å². The molecule has 2 N–H and O–H groups in total. The summed E-state index contributed by atoms with van der Waals surface area (Å²) in [5, 5.41) is 12.4. The van der Waals surface area contributed by atoms with Gasteiger partial charge in [-0.15, -0.1) is 0 Å². The summed E-state index contributed by atoms with van der Waals surface area (Å²) in [6, 6.07) is 9.61. The first kappa shape index (κ1) is 18.0. The van der Waals surface area contributed by atoms with E-state index in [9.17, 15) is 4.79 Å². The summed E-state index contributed by atoms with van der Waals surface area (Å²) >= 11 is 0. The predicted molar refractivity (Wildman–Crippen MR) is 100 cm³/mol. The van der Waals surface area contributed by atoms with E-state index >= 15 is 0 Å². The molecular formula is C19H24N4O3. The smallest absolute Gasteiger partial charge is 0.306 e. The van der Waals surface area contributed by atoms with Crippen molar-refractivity contribution < 1.29 is 14.6 Å². The number of carboxylic acids is 1. The highest BCUT2D eigenvalue weighted by Crippen LogP contribution is 2.28. The predicted octanol–water partition coefficient (Wildman–Crippen LogP) is 3.23. The van der Waals surface area contributed by atoms with Gasteiger partial charge >= 0.3 is 5.97 Å². The molecule has 0 spiro atoms. The van der Waals surface area contributed by atoms with E-state index in [0.717, 1.165) is 22.9 Å². The van der Waals surface area contributed by atoms with Crippen molar-refractivity contribution in [1.29, 1.82) is 0 Å². The maximum Gasteiger partial charge on any atom is 0.306 e. The van der Waals surface area contributed by atoms with Crippen molar-refractivity contribution in [3.05, 3.63) is 36.0 Å². The number of carbonyl (C=O) groups is 1. The monoisotopic (exact) mass is 356 g/mol. The largest absolute Gasteiger partial charge is 0.492 e. The minimum atomic E-state index is -0.710. The molecule has 0 amide bonds. The average Bonchev–Trinajstić information content (AvgIpc) is 2.63. The molecular weight excluding hydrogens is 332 g/mol. The van der Waals surface area contributed by atoms with Crippen molar-refractivity contribution >= 4 is 23.4 Å². The number of aryl methyl sites for hydroxylation is 1. The van der Waals surface area contributed by atoms with Gasteiger partial charge in [0.15, 0.2) is 0 Å². The molecule has 0 aliphatic carbocycles.